The summed E-state index contributed by atoms with van der Waals surface area (Å²) in [6.45, 7) is 5.30. The van der Waals surface area contributed by atoms with Gasteiger partial charge < -0.3 is 14.8 Å². The molecule has 1 aliphatic heterocycles. The lowest BCUT2D eigenvalue weighted by Gasteiger charge is -2.36. The number of methoxy groups -OCH3 is 2. The topological polar surface area (TPSA) is 50.8 Å². The fourth-order valence-corrected chi connectivity index (χ4v) is 4.25. The number of nitrogens with zero attached hydrogens (tertiary/aromatic N) is 1. The highest BCUT2D eigenvalue weighted by Crippen LogP contribution is 2.41. The van der Waals surface area contributed by atoms with E-state index in [0.717, 1.165) is 18.7 Å². The predicted molar refractivity (Wildman–Crippen MR) is 104 cm³/mol. The van der Waals surface area contributed by atoms with Gasteiger partial charge in [0.25, 0.3) is 0 Å². The molecule has 26 heavy (non-hydrogen) atoms. The van der Waals surface area contributed by atoms with E-state index >= 15 is 0 Å². The van der Waals surface area contributed by atoms with Gasteiger partial charge in [-0.15, -0.1) is 17.9 Å². The monoisotopic (exact) mass is 372 g/mol. The van der Waals surface area contributed by atoms with Crippen LogP contribution in [0.15, 0.2) is 42.3 Å². The lowest BCUT2D eigenvalue weighted by atomic mass is 9.91. The van der Waals surface area contributed by atoms with Crippen LogP contribution in [-0.4, -0.2) is 44.7 Å². The van der Waals surface area contributed by atoms with Crippen LogP contribution in [0.1, 0.15) is 22.0 Å². The summed E-state index contributed by atoms with van der Waals surface area (Å²) in [5, 5.41) is 4.94. The second-order valence-electron chi connectivity index (χ2n) is 6.14. The zero-order valence-corrected chi connectivity index (χ0v) is 16.0. The third kappa shape index (κ3) is 3.76. The van der Waals surface area contributed by atoms with Crippen LogP contribution >= 0.6 is 11.3 Å². The maximum absolute atomic E-state index is 12.3. The summed E-state index contributed by atoms with van der Waals surface area (Å²) in [4.78, 5) is 15.7. The molecule has 1 atom stereocenters. The number of carbonyl (C=O) groups is 1. The average Bonchev–Trinajstić information content (AvgIpc) is 3.19. The standard InChI is InChI=1S/C20H24N2O3S/c1-4-8-21-19(23)13-22-9-7-14-11-16(24-2)17(25-3)12-15(14)20(22)18-6-5-10-26-18/h4-6,10-12,20H,1,7-9,13H2,2-3H3,(H,21,23)/t20-/m0/s1. The van der Waals surface area contributed by atoms with Gasteiger partial charge in [0.05, 0.1) is 26.8 Å². The zero-order valence-electron chi connectivity index (χ0n) is 15.2. The number of amides is 1. The molecule has 0 unspecified atom stereocenters. The highest BCUT2D eigenvalue weighted by molar-refractivity contribution is 7.10. The molecule has 0 spiro atoms. The largest absolute Gasteiger partial charge is 0.493 e. The third-order valence-electron chi connectivity index (χ3n) is 4.58. The molecule has 0 radical (unpaired) electrons. The molecule has 2 aromatic rings. The van der Waals surface area contributed by atoms with E-state index in [1.807, 2.05) is 12.1 Å². The normalized spacial score (nSPS) is 16.6. The third-order valence-corrected chi connectivity index (χ3v) is 5.50. The van der Waals surface area contributed by atoms with Gasteiger partial charge in [-0.25, -0.2) is 0 Å². The molecular formula is C20H24N2O3S. The molecule has 6 heteroatoms. The molecule has 0 saturated heterocycles. The molecule has 1 N–H and O–H groups in total. The summed E-state index contributed by atoms with van der Waals surface area (Å²) in [7, 11) is 3.30. The minimum Gasteiger partial charge on any atom is -0.493 e. The molecule has 2 heterocycles. The summed E-state index contributed by atoms with van der Waals surface area (Å²) < 4.78 is 11.0. The first-order chi connectivity index (χ1) is 12.7. The lowest BCUT2D eigenvalue weighted by molar-refractivity contribution is -0.122. The Labute approximate surface area is 158 Å². The minimum absolute atomic E-state index is 0.00961. The molecule has 0 saturated carbocycles. The van der Waals surface area contributed by atoms with Crippen LogP contribution < -0.4 is 14.8 Å². The molecule has 1 amide bonds. The van der Waals surface area contributed by atoms with Gasteiger partial charge in [-0.05, 0) is 41.1 Å². The maximum Gasteiger partial charge on any atom is 0.234 e. The highest BCUT2D eigenvalue weighted by atomic mass is 32.1. The van der Waals surface area contributed by atoms with Crippen LogP contribution in [0.25, 0.3) is 0 Å². The van der Waals surface area contributed by atoms with Crippen LogP contribution in [-0.2, 0) is 11.2 Å². The first-order valence-electron chi connectivity index (χ1n) is 8.57. The van der Waals surface area contributed by atoms with E-state index < -0.39 is 0 Å². The second-order valence-corrected chi connectivity index (χ2v) is 7.12. The van der Waals surface area contributed by atoms with Gasteiger partial charge in [0, 0.05) is 18.0 Å². The van der Waals surface area contributed by atoms with E-state index in [2.05, 4.69) is 34.3 Å². The Hall–Kier alpha value is -2.31. The lowest BCUT2D eigenvalue weighted by Crippen LogP contribution is -2.42. The van der Waals surface area contributed by atoms with Gasteiger partial charge in [-0.1, -0.05) is 12.1 Å². The van der Waals surface area contributed by atoms with Gasteiger partial charge >= 0.3 is 0 Å². The summed E-state index contributed by atoms with van der Waals surface area (Å²) in [6, 6.07) is 8.31. The number of rotatable bonds is 7. The Bertz CT molecular complexity index is 774. The molecule has 1 aromatic carbocycles. The number of thiophene rings is 1. The Morgan fingerprint density at radius 3 is 2.81 bits per heavy atom. The van der Waals surface area contributed by atoms with Crippen molar-refractivity contribution < 1.29 is 14.3 Å². The van der Waals surface area contributed by atoms with E-state index in [1.165, 1.54) is 16.0 Å². The van der Waals surface area contributed by atoms with Gasteiger partial charge in [0.1, 0.15) is 0 Å². The molecule has 138 valence electrons. The number of hydrogen-bond donors (Lipinski definition) is 1. The SMILES string of the molecule is C=CCNC(=O)CN1CCc2cc(OC)c(OC)cc2[C@H]1c1cccs1. The summed E-state index contributed by atoms with van der Waals surface area (Å²) in [5.74, 6) is 1.47. The Kier molecular flexibility index (Phi) is 5.96. The Morgan fingerprint density at radius 1 is 1.38 bits per heavy atom. The summed E-state index contributed by atoms with van der Waals surface area (Å²) >= 11 is 1.70. The van der Waals surface area contributed by atoms with Crippen molar-refractivity contribution in [3.8, 4) is 11.5 Å². The number of nitrogens with one attached hydrogen (secondary N) is 1. The van der Waals surface area contributed by atoms with Crippen molar-refractivity contribution in [2.75, 3.05) is 33.9 Å². The van der Waals surface area contributed by atoms with Crippen molar-refractivity contribution in [1.82, 2.24) is 10.2 Å². The minimum atomic E-state index is 0.00961. The molecule has 1 aromatic heterocycles. The van der Waals surface area contributed by atoms with Crippen molar-refractivity contribution in [3.05, 3.63) is 58.3 Å². The quantitative estimate of drug-likeness (QED) is 0.759. The number of ether oxygens (including phenoxy) is 2. The van der Waals surface area contributed by atoms with E-state index in [0.29, 0.717) is 18.8 Å². The van der Waals surface area contributed by atoms with Crippen LogP contribution in [0.5, 0.6) is 11.5 Å². The zero-order chi connectivity index (χ0) is 18.5. The average molecular weight is 372 g/mol. The maximum atomic E-state index is 12.3. The van der Waals surface area contributed by atoms with Gasteiger partial charge in [-0.2, -0.15) is 0 Å². The van der Waals surface area contributed by atoms with Crippen LogP contribution in [0.2, 0.25) is 0 Å². The van der Waals surface area contributed by atoms with Crippen molar-refractivity contribution in [3.63, 3.8) is 0 Å². The van der Waals surface area contributed by atoms with Crippen molar-refractivity contribution in [2.24, 2.45) is 0 Å². The van der Waals surface area contributed by atoms with E-state index in [-0.39, 0.29) is 11.9 Å². The molecule has 0 fully saturated rings. The van der Waals surface area contributed by atoms with E-state index in [4.69, 9.17) is 9.47 Å². The first kappa shape index (κ1) is 18.5. The van der Waals surface area contributed by atoms with E-state index in [1.54, 1.807) is 31.6 Å². The second kappa shape index (κ2) is 8.38. The van der Waals surface area contributed by atoms with Crippen molar-refractivity contribution in [2.45, 2.75) is 12.5 Å². The molecule has 0 aliphatic carbocycles. The molecular weight excluding hydrogens is 348 g/mol. The molecule has 5 nitrogen and oxygen atoms in total. The Balaban J connectivity index is 1.97. The number of carbonyl (C=O) groups excluding carboxylic acids is 1. The van der Waals surface area contributed by atoms with Gasteiger partial charge in [-0.3, -0.25) is 9.69 Å². The number of benzene rings is 1. The Morgan fingerprint density at radius 2 is 2.15 bits per heavy atom. The summed E-state index contributed by atoms with van der Waals surface area (Å²) in [6.07, 6.45) is 2.56. The van der Waals surface area contributed by atoms with Gasteiger partial charge in [0.2, 0.25) is 5.91 Å². The predicted octanol–water partition coefficient (Wildman–Crippen LogP) is 3.02. The fourth-order valence-electron chi connectivity index (χ4n) is 3.37. The number of hydrogen-bond acceptors (Lipinski definition) is 5. The number of fused-ring (bicyclic) bond motifs is 1. The van der Waals surface area contributed by atoms with Crippen molar-refractivity contribution in [1.29, 1.82) is 0 Å². The molecule has 0 bridgehead atoms. The molecule has 1 aliphatic rings. The van der Waals surface area contributed by atoms with E-state index in [9.17, 15) is 4.79 Å². The van der Waals surface area contributed by atoms with Crippen LogP contribution in [0.4, 0.5) is 0 Å². The highest BCUT2D eigenvalue weighted by Gasteiger charge is 2.32. The first-order valence-corrected chi connectivity index (χ1v) is 9.45. The smallest absolute Gasteiger partial charge is 0.234 e. The fraction of sp³-hybridized carbons (Fsp3) is 0.350. The summed E-state index contributed by atoms with van der Waals surface area (Å²) in [5.41, 5.74) is 2.41. The van der Waals surface area contributed by atoms with Crippen LogP contribution in [0, 0.1) is 0 Å². The van der Waals surface area contributed by atoms with Crippen molar-refractivity contribution >= 4 is 17.2 Å². The molecule has 3 rings (SSSR count). The van der Waals surface area contributed by atoms with Crippen LogP contribution in [0.3, 0.4) is 0 Å². The van der Waals surface area contributed by atoms with Gasteiger partial charge in [0.15, 0.2) is 11.5 Å².